The number of carboxylic acid groups (broad SMARTS) is 1. The Bertz CT molecular complexity index is 1770. The van der Waals surface area contributed by atoms with Crippen molar-refractivity contribution < 1.29 is 33.9 Å². The minimum Gasteiger partial charge on any atom is -0.478 e. The van der Waals surface area contributed by atoms with Gasteiger partial charge in [-0.25, -0.2) is 9.59 Å². The number of aldehydes is 1. The molecule has 0 saturated carbocycles. The normalized spacial score (nSPS) is 12.4. The van der Waals surface area contributed by atoms with Crippen molar-refractivity contribution in [2.24, 2.45) is 0 Å². The number of para-hydroxylation sites is 1. The van der Waals surface area contributed by atoms with E-state index in [0.29, 0.717) is 41.5 Å². The van der Waals surface area contributed by atoms with E-state index in [-0.39, 0.29) is 41.4 Å². The fraction of sp³-hybridized carbons (Fsp3) is 0.125. The maximum atomic E-state index is 13.2. The number of fused-ring (bicyclic) bond motifs is 1. The van der Waals surface area contributed by atoms with Gasteiger partial charge >= 0.3 is 12.0 Å². The Hall–Kier alpha value is -6.22. The molecule has 44 heavy (non-hydrogen) atoms. The largest absolute Gasteiger partial charge is 0.478 e. The highest BCUT2D eigenvalue weighted by Crippen LogP contribution is 2.27. The lowest BCUT2D eigenvalue weighted by Gasteiger charge is -2.34. The van der Waals surface area contributed by atoms with E-state index in [1.165, 1.54) is 29.3 Å². The molecular formula is C32H27N5O7. The van der Waals surface area contributed by atoms with E-state index in [9.17, 15) is 33.9 Å². The number of nitrogens with zero attached hydrogens (tertiary/aromatic N) is 2. The summed E-state index contributed by atoms with van der Waals surface area (Å²) in [6.45, 7) is 1.03. The molecule has 3 aromatic carbocycles. The highest BCUT2D eigenvalue weighted by atomic mass is 16.4. The number of carbonyl (C=O) groups is 6. The van der Waals surface area contributed by atoms with Crippen LogP contribution in [-0.2, 0) is 4.79 Å². The van der Waals surface area contributed by atoms with Gasteiger partial charge in [0.15, 0.2) is 0 Å². The fourth-order valence-corrected chi connectivity index (χ4v) is 4.78. The first-order valence-electron chi connectivity index (χ1n) is 13.3. The number of piperazine rings is 1. The van der Waals surface area contributed by atoms with Crippen molar-refractivity contribution in [3.63, 3.8) is 0 Å². The summed E-state index contributed by atoms with van der Waals surface area (Å²) in [5.41, 5.74) is 1.40. The molecule has 1 saturated heterocycles. The SMILES string of the molecule is C#C.O=Cc1cc(NC(=O)Nc2cccc3c(C(=O)C(=O)N4CCN(C(=O)c5ccccc5)CC4)c[nH]c23)cc(C(=O)O)c1. The molecule has 4 amide bonds. The number of carboxylic acids is 1. The molecule has 1 fully saturated rings. The van der Waals surface area contributed by atoms with Gasteiger partial charge < -0.3 is 30.5 Å². The second-order valence-electron chi connectivity index (χ2n) is 9.56. The van der Waals surface area contributed by atoms with Crippen molar-refractivity contribution in [2.45, 2.75) is 0 Å². The van der Waals surface area contributed by atoms with Gasteiger partial charge in [0.2, 0.25) is 0 Å². The number of carbonyl (C=O) groups excluding carboxylic acids is 5. The molecule has 1 aliphatic heterocycles. The van der Waals surface area contributed by atoms with Gasteiger partial charge in [-0.3, -0.25) is 19.2 Å². The number of aromatic amines is 1. The number of hydrogen-bond acceptors (Lipinski definition) is 6. The summed E-state index contributed by atoms with van der Waals surface area (Å²) in [5, 5.41) is 14.8. The first-order chi connectivity index (χ1) is 21.2. The van der Waals surface area contributed by atoms with Gasteiger partial charge in [-0.2, -0.15) is 0 Å². The van der Waals surface area contributed by atoms with Gasteiger partial charge in [0.05, 0.1) is 22.3 Å². The highest BCUT2D eigenvalue weighted by Gasteiger charge is 2.30. The van der Waals surface area contributed by atoms with E-state index in [1.54, 1.807) is 47.4 Å². The number of amides is 4. The summed E-state index contributed by atoms with van der Waals surface area (Å²) in [4.78, 5) is 80.2. The summed E-state index contributed by atoms with van der Waals surface area (Å²) >= 11 is 0. The third kappa shape index (κ3) is 6.63. The lowest BCUT2D eigenvalue weighted by Crippen LogP contribution is -2.52. The number of Topliss-reactive ketones (excluding diaryl/α,β-unsaturated/α-hetero) is 1. The monoisotopic (exact) mass is 593 g/mol. The van der Waals surface area contributed by atoms with Crippen LogP contribution in [0.1, 0.15) is 41.4 Å². The quantitative estimate of drug-likeness (QED) is 0.110. The van der Waals surface area contributed by atoms with Crippen LogP contribution in [0, 0.1) is 12.8 Å². The molecule has 222 valence electrons. The standard InChI is InChI=1S/C30H25N5O7.C2H2/c36-17-18-13-20(29(40)41)15-21(14-18)32-30(42)33-24-8-4-7-22-23(16-31-25(22)24)26(37)28(39)35-11-9-34(10-12-35)27(38)19-5-2-1-3-6-19;1-2/h1-8,13-17,31H,9-12H2,(H,40,41)(H2,32,33,42);1-2H. The Morgan fingerprint density at radius 2 is 1.50 bits per heavy atom. The second kappa shape index (κ2) is 13.6. The van der Waals surface area contributed by atoms with Crippen LogP contribution in [0.25, 0.3) is 10.9 Å². The van der Waals surface area contributed by atoms with E-state index in [0.717, 1.165) is 0 Å². The number of nitrogens with one attached hydrogen (secondary N) is 3. The predicted octanol–water partition coefficient (Wildman–Crippen LogP) is 3.74. The smallest absolute Gasteiger partial charge is 0.335 e. The molecule has 0 unspecified atom stereocenters. The number of urea groups is 1. The molecule has 1 aliphatic rings. The number of ketones is 1. The van der Waals surface area contributed by atoms with Crippen molar-refractivity contribution in [1.29, 1.82) is 0 Å². The van der Waals surface area contributed by atoms with Crippen molar-refractivity contribution in [2.75, 3.05) is 36.8 Å². The number of benzene rings is 3. The van der Waals surface area contributed by atoms with Gasteiger partial charge in [-0.1, -0.05) is 30.3 Å². The lowest BCUT2D eigenvalue weighted by molar-refractivity contribution is -0.127. The van der Waals surface area contributed by atoms with Crippen molar-refractivity contribution in [3.05, 3.63) is 95.2 Å². The van der Waals surface area contributed by atoms with Gasteiger partial charge in [0, 0.05) is 54.6 Å². The Morgan fingerprint density at radius 3 is 2.16 bits per heavy atom. The summed E-state index contributed by atoms with van der Waals surface area (Å²) < 4.78 is 0. The Kier molecular flexibility index (Phi) is 9.52. The third-order valence-corrected chi connectivity index (χ3v) is 6.87. The van der Waals surface area contributed by atoms with Crippen LogP contribution in [0.5, 0.6) is 0 Å². The molecule has 4 N–H and O–H groups in total. The number of anilines is 2. The highest BCUT2D eigenvalue weighted by molar-refractivity contribution is 6.45. The first-order valence-corrected chi connectivity index (χ1v) is 13.3. The van der Waals surface area contributed by atoms with Crippen LogP contribution >= 0.6 is 0 Å². The van der Waals surface area contributed by atoms with E-state index in [4.69, 9.17) is 0 Å². The van der Waals surface area contributed by atoms with Gasteiger partial charge in [-0.15, -0.1) is 12.8 Å². The van der Waals surface area contributed by atoms with Crippen LogP contribution in [0.3, 0.4) is 0 Å². The third-order valence-electron chi connectivity index (χ3n) is 6.87. The number of hydrogen-bond donors (Lipinski definition) is 4. The van der Waals surface area contributed by atoms with E-state index < -0.39 is 23.7 Å². The van der Waals surface area contributed by atoms with E-state index in [1.807, 2.05) is 6.07 Å². The zero-order valence-electron chi connectivity index (χ0n) is 23.3. The summed E-state index contributed by atoms with van der Waals surface area (Å²) in [7, 11) is 0. The Labute approximate surface area is 251 Å². The van der Waals surface area contributed by atoms with E-state index >= 15 is 0 Å². The fourth-order valence-electron chi connectivity index (χ4n) is 4.78. The average Bonchev–Trinajstić information content (AvgIpc) is 3.50. The number of rotatable bonds is 7. The van der Waals surface area contributed by atoms with Gasteiger partial charge in [0.25, 0.3) is 17.6 Å². The molecular weight excluding hydrogens is 566 g/mol. The summed E-state index contributed by atoms with van der Waals surface area (Å²) in [6.07, 6.45) is 9.87. The first kappa shape index (κ1) is 30.7. The lowest BCUT2D eigenvalue weighted by atomic mass is 10.1. The number of aromatic nitrogens is 1. The molecule has 2 heterocycles. The molecule has 0 spiro atoms. The van der Waals surface area contributed by atoms with Gasteiger partial charge in [0.1, 0.15) is 6.29 Å². The van der Waals surface area contributed by atoms with Crippen molar-refractivity contribution >= 4 is 58.2 Å². The average molecular weight is 594 g/mol. The van der Waals surface area contributed by atoms with Crippen LogP contribution < -0.4 is 10.6 Å². The van der Waals surface area contributed by atoms with Crippen LogP contribution in [0.2, 0.25) is 0 Å². The molecule has 0 radical (unpaired) electrons. The molecule has 5 rings (SSSR count). The zero-order chi connectivity index (χ0) is 31.8. The number of aromatic carboxylic acids is 1. The van der Waals surface area contributed by atoms with Crippen LogP contribution in [0.15, 0.2) is 72.9 Å². The van der Waals surface area contributed by atoms with Crippen LogP contribution in [-0.4, -0.2) is 82.0 Å². The molecule has 1 aromatic heterocycles. The summed E-state index contributed by atoms with van der Waals surface area (Å²) in [5.74, 6) is -2.80. The van der Waals surface area contributed by atoms with Gasteiger partial charge in [-0.05, 0) is 36.4 Å². The minimum absolute atomic E-state index is 0.0775. The molecule has 12 nitrogen and oxygen atoms in total. The Balaban J connectivity index is 0.00000216. The molecule has 0 atom stereocenters. The second-order valence-corrected chi connectivity index (χ2v) is 9.56. The zero-order valence-corrected chi connectivity index (χ0v) is 23.3. The topological polar surface area (TPSA) is 169 Å². The minimum atomic E-state index is -1.26. The maximum absolute atomic E-state index is 13.2. The predicted molar refractivity (Wildman–Crippen MR) is 163 cm³/mol. The summed E-state index contributed by atoms with van der Waals surface area (Å²) in [6, 6.07) is 16.7. The van der Waals surface area contributed by atoms with Crippen LogP contribution in [0.4, 0.5) is 16.2 Å². The van der Waals surface area contributed by atoms with Crippen molar-refractivity contribution in [1.82, 2.24) is 14.8 Å². The molecule has 12 heteroatoms. The van der Waals surface area contributed by atoms with Crippen molar-refractivity contribution in [3.8, 4) is 12.8 Å². The number of H-pyrrole nitrogens is 1. The Morgan fingerprint density at radius 1 is 0.818 bits per heavy atom. The molecule has 0 aliphatic carbocycles. The molecule has 0 bridgehead atoms. The number of terminal acetylenes is 1. The van der Waals surface area contributed by atoms with E-state index in [2.05, 4.69) is 28.5 Å². The molecule has 4 aromatic rings. The maximum Gasteiger partial charge on any atom is 0.335 e.